The fourth-order valence-electron chi connectivity index (χ4n) is 2.80. The Bertz CT molecular complexity index is 884. The standard InChI is InChI=1S/C21H24N4O5/c22-18(27)9-8-17(26)16(7-11-20(29)30)25-19(28)10-4-14-2-5-15(6-3-14)21-23-12-1-13-24-21/h1-3,5-6,12-13,16H,4,7-11H2,(H2,22,27)(H,25,28)(H,29,30)/t16-/m0/s1. The monoisotopic (exact) mass is 412 g/mol. The number of rotatable bonds is 12. The number of Topliss-reactive ketones (excluding diaryl/α,β-unsaturated/α-hetero) is 1. The van der Waals surface area contributed by atoms with Gasteiger partial charge in [0.1, 0.15) is 0 Å². The molecule has 2 amide bonds. The molecule has 1 heterocycles. The number of primary amides is 1. The van der Waals surface area contributed by atoms with Crippen molar-refractivity contribution in [3.63, 3.8) is 0 Å². The first-order valence-corrected chi connectivity index (χ1v) is 9.53. The van der Waals surface area contributed by atoms with Crippen molar-refractivity contribution in [1.29, 1.82) is 0 Å². The molecule has 9 nitrogen and oxygen atoms in total. The van der Waals surface area contributed by atoms with Gasteiger partial charge in [-0.15, -0.1) is 0 Å². The number of nitrogens with two attached hydrogens (primary N) is 1. The van der Waals surface area contributed by atoms with Crippen molar-refractivity contribution in [3.8, 4) is 11.4 Å². The average molecular weight is 412 g/mol. The van der Waals surface area contributed by atoms with Crippen molar-refractivity contribution < 1.29 is 24.3 Å². The molecule has 0 aliphatic heterocycles. The van der Waals surface area contributed by atoms with E-state index in [1.165, 1.54) is 0 Å². The maximum atomic E-state index is 12.3. The normalized spacial score (nSPS) is 11.5. The van der Waals surface area contributed by atoms with Crippen LogP contribution in [-0.4, -0.2) is 44.7 Å². The lowest BCUT2D eigenvalue weighted by molar-refractivity contribution is -0.138. The Kier molecular flexibility index (Phi) is 8.61. The molecule has 4 N–H and O–H groups in total. The van der Waals surface area contributed by atoms with Gasteiger partial charge >= 0.3 is 5.97 Å². The molecular formula is C21H24N4O5. The maximum absolute atomic E-state index is 12.3. The highest BCUT2D eigenvalue weighted by Crippen LogP contribution is 2.15. The first-order valence-electron chi connectivity index (χ1n) is 9.53. The number of ketones is 1. The van der Waals surface area contributed by atoms with Crippen molar-refractivity contribution in [1.82, 2.24) is 15.3 Å². The molecule has 158 valence electrons. The van der Waals surface area contributed by atoms with Gasteiger partial charge < -0.3 is 16.2 Å². The molecule has 0 fully saturated rings. The predicted octanol–water partition coefficient (Wildman–Crippen LogP) is 1.26. The van der Waals surface area contributed by atoms with E-state index < -0.39 is 23.7 Å². The highest BCUT2D eigenvalue weighted by atomic mass is 16.4. The van der Waals surface area contributed by atoms with E-state index in [4.69, 9.17) is 10.8 Å². The van der Waals surface area contributed by atoms with E-state index in [9.17, 15) is 19.2 Å². The fourth-order valence-corrected chi connectivity index (χ4v) is 2.80. The number of hydrogen-bond acceptors (Lipinski definition) is 6. The van der Waals surface area contributed by atoms with E-state index >= 15 is 0 Å². The van der Waals surface area contributed by atoms with E-state index in [1.54, 1.807) is 18.5 Å². The van der Waals surface area contributed by atoms with E-state index in [2.05, 4.69) is 15.3 Å². The van der Waals surface area contributed by atoms with Crippen LogP contribution in [0.15, 0.2) is 42.7 Å². The molecule has 2 aromatic rings. The van der Waals surface area contributed by atoms with Gasteiger partial charge in [-0.2, -0.15) is 0 Å². The number of aliphatic carboxylic acids is 1. The second-order valence-electron chi connectivity index (χ2n) is 6.75. The number of carboxylic acids is 1. The second kappa shape index (κ2) is 11.4. The summed E-state index contributed by atoms with van der Waals surface area (Å²) >= 11 is 0. The third-order valence-corrected chi connectivity index (χ3v) is 4.41. The summed E-state index contributed by atoms with van der Waals surface area (Å²) in [4.78, 5) is 54.5. The third-order valence-electron chi connectivity index (χ3n) is 4.41. The van der Waals surface area contributed by atoms with E-state index in [0.717, 1.165) is 11.1 Å². The Morgan fingerprint density at radius 2 is 1.63 bits per heavy atom. The maximum Gasteiger partial charge on any atom is 0.303 e. The Labute approximate surface area is 173 Å². The van der Waals surface area contributed by atoms with Gasteiger partial charge in [0.05, 0.1) is 6.04 Å². The Hall–Kier alpha value is -3.62. The number of nitrogens with zero attached hydrogens (tertiary/aromatic N) is 2. The molecule has 0 aliphatic carbocycles. The number of aromatic nitrogens is 2. The topological polar surface area (TPSA) is 152 Å². The largest absolute Gasteiger partial charge is 0.481 e. The first kappa shape index (κ1) is 22.7. The van der Waals surface area contributed by atoms with Crippen LogP contribution in [0.3, 0.4) is 0 Å². The van der Waals surface area contributed by atoms with Gasteiger partial charge in [-0.1, -0.05) is 24.3 Å². The van der Waals surface area contributed by atoms with Crippen LogP contribution in [0.1, 0.15) is 37.7 Å². The first-order chi connectivity index (χ1) is 14.3. The predicted molar refractivity (Wildman–Crippen MR) is 108 cm³/mol. The van der Waals surface area contributed by atoms with Crippen LogP contribution in [0.4, 0.5) is 0 Å². The number of benzene rings is 1. The molecule has 0 bridgehead atoms. The Morgan fingerprint density at radius 3 is 2.23 bits per heavy atom. The molecule has 1 atom stereocenters. The summed E-state index contributed by atoms with van der Waals surface area (Å²) in [6.07, 6.45) is 3.31. The molecular weight excluding hydrogens is 388 g/mol. The summed E-state index contributed by atoms with van der Waals surface area (Å²) < 4.78 is 0. The van der Waals surface area contributed by atoms with Gasteiger partial charge in [-0.25, -0.2) is 9.97 Å². The van der Waals surface area contributed by atoms with Crippen LogP contribution in [-0.2, 0) is 25.6 Å². The van der Waals surface area contributed by atoms with Gasteiger partial charge in [0, 0.05) is 43.6 Å². The van der Waals surface area contributed by atoms with Crippen LogP contribution >= 0.6 is 0 Å². The van der Waals surface area contributed by atoms with E-state index in [1.807, 2.05) is 24.3 Å². The summed E-state index contributed by atoms with van der Waals surface area (Å²) in [7, 11) is 0. The number of hydrogen-bond donors (Lipinski definition) is 3. The smallest absolute Gasteiger partial charge is 0.303 e. The number of carboxylic acid groups (broad SMARTS) is 1. The van der Waals surface area contributed by atoms with Gasteiger partial charge in [-0.3, -0.25) is 19.2 Å². The van der Waals surface area contributed by atoms with Crippen LogP contribution in [0.2, 0.25) is 0 Å². The van der Waals surface area contributed by atoms with Crippen LogP contribution in [0, 0.1) is 0 Å². The number of nitrogens with one attached hydrogen (secondary N) is 1. The summed E-state index contributed by atoms with van der Waals surface area (Å²) in [5, 5.41) is 11.4. The van der Waals surface area contributed by atoms with E-state index in [0.29, 0.717) is 12.2 Å². The Morgan fingerprint density at radius 1 is 0.967 bits per heavy atom. The molecule has 2 rings (SSSR count). The zero-order valence-corrected chi connectivity index (χ0v) is 16.4. The van der Waals surface area contributed by atoms with Gasteiger partial charge in [0.15, 0.2) is 11.6 Å². The Balaban J connectivity index is 1.90. The highest BCUT2D eigenvalue weighted by Gasteiger charge is 2.21. The number of carbonyl (C=O) groups is 4. The molecule has 30 heavy (non-hydrogen) atoms. The summed E-state index contributed by atoms with van der Waals surface area (Å²) in [6.45, 7) is 0. The third kappa shape index (κ3) is 7.78. The molecule has 0 aliphatic rings. The van der Waals surface area contributed by atoms with E-state index in [-0.39, 0.29) is 38.0 Å². The minimum atomic E-state index is -1.07. The highest BCUT2D eigenvalue weighted by molar-refractivity contribution is 5.91. The molecule has 0 unspecified atom stereocenters. The van der Waals surface area contributed by atoms with Crippen LogP contribution in [0.5, 0.6) is 0 Å². The molecule has 0 spiro atoms. The van der Waals surface area contributed by atoms with Crippen molar-refractivity contribution in [2.45, 2.75) is 44.6 Å². The minimum absolute atomic E-state index is 0.0373. The summed E-state index contributed by atoms with van der Waals surface area (Å²) in [5.41, 5.74) is 6.83. The average Bonchev–Trinajstić information content (AvgIpc) is 2.74. The minimum Gasteiger partial charge on any atom is -0.481 e. The summed E-state index contributed by atoms with van der Waals surface area (Å²) in [6, 6.07) is 8.26. The van der Waals surface area contributed by atoms with Gasteiger partial charge in [-0.05, 0) is 24.5 Å². The number of aryl methyl sites for hydroxylation is 1. The van der Waals surface area contributed by atoms with Gasteiger partial charge in [0.2, 0.25) is 11.8 Å². The quantitative estimate of drug-likeness (QED) is 0.474. The molecule has 1 aromatic carbocycles. The lowest BCUT2D eigenvalue weighted by Gasteiger charge is -2.17. The SMILES string of the molecule is NC(=O)CCC(=O)[C@H](CCC(=O)O)NC(=O)CCc1ccc(-c2ncccn2)cc1. The zero-order valence-electron chi connectivity index (χ0n) is 16.4. The van der Waals surface area contributed by atoms with Crippen molar-refractivity contribution >= 4 is 23.6 Å². The lowest BCUT2D eigenvalue weighted by atomic mass is 10.0. The second-order valence-corrected chi connectivity index (χ2v) is 6.75. The fraction of sp³-hybridized carbons (Fsp3) is 0.333. The van der Waals surface area contributed by atoms with Crippen molar-refractivity contribution in [2.75, 3.05) is 0 Å². The lowest BCUT2D eigenvalue weighted by Crippen LogP contribution is -2.41. The molecule has 9 heteroatoms. The number of amides is 2. The molecule has 0 radical (unpaired) electrons. The van der Waals surface area contributed by atoms with Crippen molar-refractivity contribution in [3.05, 3.63) is 48.3 Å². The van der Waals surface area contributed by atoms with Crippen molar-refractivity contribution in [2.24, 2.45) is 5.73 Å². The summed E-state index contributed by atoms with van der Waals surface area (Å²) in [5.74, 6) is -1.86. The van der Waals surface area contributed by atoms with Gasteiger partial charge in [0.25, 0.3) is 0 Å². The molecule has 0 saturated carbocycles. The molecule has 0 saturated heterocycles. The van der Waals surface area contributed by atoms with Crippen LogP contribution in [0.25, 0.3) is 11.4 Å². The van der Waals surface area contributed by atoms with Crippen LogP contribution < -0.4 is 11.1 Å². The molecule has 1 aromatic heterocycles. The zero-order chi connectivity index (χ0) is 21.9. The number of carbonyl (C=O) groups excluding carboxylic acids is 3.